The number of alkyl halides is 3. The number of halogens is 3. The molecule has 2 atom stereocenters. The Bertz CT molecular complexity index is 1870. The number of methoxy groups -OCH3 is 1. The van der Waals surface area contributed by atoms with Crippen LogP contribution >= 0.6 is 11.3 Å². The van der Waals surface area contributed by atoms with E-state index in [1.165, 1.54) is 18.4 Å². The lowest BCUT2D eigenvalue weighted by atomic mass is 10.0. The molecule has 3 aromatic heterocycles. The number of nitrogens with one attached hydrogen (secondary N) is 3. The van der Waals surface area contributed by atoms with Gasteiger partial charge >= 0.3 is 12.1 Å². The number of carbonyl (C=O) groups is 2. The van der Waals surface area contributed by atoms with Crippen LogP contribution in [0, 0.1) is 0 Å². The Kier molecular flexibility index (Phi) is 11.3. The van der Waals surface area contributed by atoms with E-state index < -0.39 is 27.4 Å². The first-order valence-corrected chi connectivity index (χ1v) is 16.9. The van der Waals surface area contributed by atoms with Crippen molar-refractivity contribution in [3.8, 4) is 17.0 Å². The summed E-state index contributed by atoms with van der Waals surface area (Å²) in [4.78, 5) is 33.3. The molecule has 0 spiro atoms. The van der Waals surface area contributed by atoms with E-state index in [4.69, 9.17) is 19.4 Å². The summed E-state index contributed by atoms with van der Waals surface area (Å²) in [6.07, 6.45) is -1.57. The number of carbonyl (C=O) groups excluding carboxylic acids is 1. The number of aromatic nitrogens is 4. The van der Waals surface area contributed by atoms with Crippen molar-refractivity contribution in [3.05, 3.63) is 46.7 Å². The highest BCUT2D eigenvalue weighted by Gasteiger charge is 2.38. The summed E-state index contributed by atoms with van der Waals surface area (Å²) >= 11 is 1.45. The summed E-state index contributed by atoms with van der Waals surface area (Å²) < 4.78 is 70.5. The fraction of sp³-hybridized carbons (Fsp3) is 0.414. The molecule has 260 valence electrons. The first kappa shape index (κ1) is 36.5. The molecule has 1 fully saturated rings. The van der Waals surface area contributed by atoms with Crippen molar-refractivity contribution in [2.75, 3.05) is 30.2 Å². The van der Waals surface area contributed by atoms with Gasteiger partial charge in [0.1, 0.15) is 16.4 Å². The van der Waals surface area contributed by atoms with Gasteiger partial charge in [0.15, 0.2) is 0 Å². The number of anilines is 2. The van der Waals surface area contributed by atoms with Gasteiger partial charge in [0.25, 0.3) is 5.91 Å². The fourth-order valence-electron chi connectivity index (χ4n) is 4.72. The number of pyridine rings is 1. The molecule has 0 aliphatic carbocycles. The number of nitrogens with zero attached hydrogens (tertiary/aromatic N) is 4. The van der Waals surface area contributed by atoms with E-state index >= 15 is 0 Å². The van der Waals surface area contributed by atoms with Crippen molar-refractivity contribution in [2.45, 2.75) is 57.9 Å². The number of fused-ring (bicyclic) bond motifs is 1. The molecule has 14 nitrogen and oxygen atoms in total. The molecule has 4 N–H and O–H groups in total. The number of aliphatic carboxylic acids is 1. The van der Waals surface area contributed by atoms with Crippen LogP contribution in [0.2, 0.25) is 0 Å². The first-order valence-electron chi connectivity index (χ1n) is 14.4. The monoisotopic (exact) mass is 713 g/mol. The number of aromatic amines is 1. The number of morpholine rings is 1. The van der Waals surface area contributed by atoms with Crippen LogP contribution in [-0.4, -0.2) is 94.3 Å². The normalized spacial score (nSPS) is 17.1. The average molecular weight is 714 g/mol. The van der Waals surface area contributed by atoms with Gasteiger partial charge in [0.05, 0.1) is 48.5 Å². The minimum Gasteiger partial charge on any atom is -0.480 e. The Hall–Kier alpha value is -4.33. The molecule has 5 rings (SSSR count). The van der Waals surface area contributed by atoms with Gasteiger partial charge in [-0.15, -0.1) is 11.3 Å². The molecule has 4 aromatic rings. The number of thiazole rings is 1. The van der Waals surface area contributed by atoms with Crippen LogP contribution in [0.1, 0.15) is 43.2 Å². The third-order valence-corrected chi connectivity index (χ3v) is 9.52. The number of ether oxygens (including phenoxy) is 2. The second kappa shape index (κ2) is 14.8. The van der Waals surface area contributed by atoms with Gasteiger partial charge in [-0.1, -0.05) is 0 Å². The van der Waals surface area contributed by atoms with Gasteiger partial charge in [0, 0.05) is 35.6 Å². The molecule has 19 heteroatoms. The van der Waals surface area contributed by atoms with E-state index in [2.05, 4.69) is 49.0 Å². The number of sulfonamides is 1. The van der Waals surface area contributed by atoms with Gasteiger partial charge in [-0.3, -0.25) is 19.5 Å². The highest BCUT2D eigenvalue weighted by molar-refractivity contribution is 7.93. The molecule has 48 heavy (non-hydrogen) atoms. The van der Waals surface area contributed by atoms with Gasteiger partial charge in [-0.25, -0.2) is 23.2 Å². The van der Waals surface area contributed by atoms with Crippen LogP contribution in [0.15, 0.2) is 36.0 Å². The van der Waals surface area contributed by atoms with Crippen LogP contribution in [0.3, 0.4) is 0 Å². The summed E-state index contributed by atoms with van der Waals surface area (Å²) in [7, 11) is -2.21. The van der Waals surface area contributed by atoms with E-state index in [9.17, 15) is 26.4 Å². The Labute approximate surface area is 277 Å². The minimum absolute atomic E-state index is 0.148. The van der Waals surface area contributed by atoms with E-state index in [1.54, 1.807) is 43.8 Å². The fourth-order valence-corrected chi connectivity index (χ4v) is 6.22. The van der Waals surface area contributed by atoms with Crippen molar-refractivity contribution >= 4 is 55.5 Å². The second-order valence-corrected chi connectivity index (χ2v) is 14.3. The van der Waals surface area contributed by atoms with Gasteiger partial charge in [0.2, 0.25) is 15.9 Å². The van der Waals surface area contributed by atoms with Crippen molar-refractivity contribution in [3.63, 3.8) is 0 Å². The number of carboxylic acids is 1. The summed E-state index contributed by atoms with van der Waals surface area (Å²) in [6, 6.07) is 5.30. The van der Waals surface area contributed by atoms with Crippen molar-refractivity contribution in [1.29, 1.82) is 0 Å². The number of rotatable bonds is 9. The average Bonchev–Trinajstić information content (AvgIpc) is 3.66. The highest BCUT2D eigenvalue weighted by Crippen LogP contribution is 2.34. The maximum Gasteiger partial charge on any atom is 0.490 e. The standard InChI is InChI=1S/C27H33N7O5S2.C2HF3O2/c1-15(2)41(36,37)33-23-8-19(9-28-27(23)38-5)18-6-21(20-10-29-32-22(20)7-18)31-26(35)24-14-40-25(30-24)13-34-11-16(3)39-17(4)12-34;3-2(4,5)1(6)7/h6-10,14-17,33H,11-13H2,1-5H3,(H,29,32)(H,31,35);(H,6,7)/t16-,17+;. The van der Waals surface area contributed by atoms with E-state index in [1.807, 2.05) is 6.07 Å². The number of benzene rings is 1. The third-order valence-electron chi connectivity index (χ3n) is 6.94. The number of hydrogen-bond acceptors (Lipinski definition) is 11. The zero-order chi connectivity index (χ0) is 35.4. The zero-order valence-corrected chi connectivity index (χ0v) is 28.1. The summed E-state index contributed by atoms with van der Waals surface area (Å²) in [6.45, 7) is 9.58. The quantitative estimate of drug-likeness (QED) is 0.188. The van der Waals surface area contributed by atoms with Gasteiger partial charge in [-0.05, 0) is 51.5 Å². The SMILES string of the molecule is COc1ncc(-c2cc(NC(=O)c3csc(CN4C[C@@H](C)O[C@@H](C)C4)n3)c3cn[nH]c3c2)cc1NS(=O)(=O)C(C)C.O=C(O)C(F)(F)F. The Morgan fingerprint density at radius 3 is 2.40 bits per heavy atom. The highest BCUT2D eigenvalue weighted by atomic mass is 32.2. The third kappa shape index (κ3) is 9.18. The van der Waals surface area contributed by atoms with Crippen LogP contribution in [0.4, 0.5) is 24.5 Å². The van der Waals surface area contributed by atoms with Crippen molar-refractivity contribution < 1.29 is 45.8 Å². The maximum atomic E-state index is 13.3. The largest absolute Gasteiger partial charge is 0.490 e. The number of H-pyrrole nitrogens is 1. The van der Waals surface area contributed by atoms with Crippen molar-refractivity contribution in [2.24, 2.45) is 0 Å². The predicted molar refractivity (Wildman–Crippen MR) is 173 cm³/mol. The molecule has 1 amide bonds. The summed E-state index contributed by atoms with van der Waals surface area (Å²) in [5, 5.41) is 19.9. The molecule has 0 saturated carbocycles. The molecule has 0 radical (unpaired) electrons. The lowest BCUT2D eigenvalue weighted by Crippen LogP contribution is -2.44. The minimum atomic E-state index is -5.08. The topological polar surface area (TPSA) is 189 Å². The molecule has 0 unspecified atom stereocenters. The summed E-state index contributed by atoms with van der Waals surface area (Å²) in [5.41, 5.74) is 3.07. The molecule has 1 aromatic carbocycles. The molecular weight excluding hydrogens is 679 g/mol. The number of hydrogen-bond donors (Lipinski definition) is 4. The first-order chi connectivity index (χ1) is 22.5. The molecule has 4 heterocycles. The molecular formula is C29H34F3N7O7S2. The molecule has 1 aliphatic heterocycles. The van der Waals surface area contributed by atoms with Crippen LogP contribution in [0.5, 0.6) is 5.88 Å². The summed E-state index contributed by atoms with van der Waals surface area (Å²) in [5.74, 6) is -2.95. The lowest BCUT2D eigenvalue weighted by molar-refractivity contribution is -0.192. The van der Waals surface area contributed by atoms with E-state index in [0.717, 1.165) is 23.5 Å². The number of carboxylic acid groups (broad SMARTS) is 1. The van der Waals surface area contributed by atoms with Crippen molar-refractivity contribution in [1.82, 2.24) is 25.1 Å². The smallest absolute Gasteiger partial charge is 0.480 e. The second-order valence-electron chi connectivity index (χ2n) is 11.2. The van der Waals surface area contributed by atoms with Crippen LogP contribution in [-0.2, 0) is 26.1 Å². The van der Waals surface area contributed by atoms with E-state index in [0.29, 0.717) is 34.6 Å². The maximum absolute atomic E-state index is 13.3. The Morgan fingerprint density at radius 2 is 1.79 bits per heavy atom. The van der Waals surface area contributed by atoms with Gasteiger partial charge in [-0.2, -0.15) is 18.3 Å². The van der Waals surface area contributed by atoms with E-state index in [-0.39, 0.29) is 29.7 Å². The molecule has 1 aliphatic rings. The predicted octanol–water partition coefficient (Wildman–Crippen LogP) is 4.73. The van der Waals surface area contributed by atoms with Gasteiger partial charge < -0.3 is 19.9 Å². The lowest BCUT2D eigenvalue weighted by Gasteiger charge is -2.34. The van der Waals surface area contributed by atoms with Crippen LogP contribution in [0.25, 0.3) is 22.0 Å². The Morgan fingerprint density at radius 1 is 1.15 bits per heavy atom. The Balaban J connectivity index is 0.000000671. The van der Waals surface area contributed by atoms with Crippen LogP contribution < -0.4 is 14.8 Å². The zero-order valence-electron chi connectivity index (χ0n) is 26.5. The number of amides is 1. The molecule has 0 bridgehead atoms. The molecule has 1 saturated heterocycles.